The number of benzene rings is 2. The number of amides is 1. The lowest BCUT2D eigenvalue weighted by molar-refractivity contribution is -0.126. The molecule has 10 heteroatoms. The number of sulfonamides is 1. The molecule has 158 valence electrons. The van der Waals surface area contributed by atoms with E-state index in [2.05, 4.69) is 5.32 Å². The molecule has 2 aromatic rings. The van der Waals surface area contributed by atoms with E-state index in [1.807, 2.05) is 6.07 Å². The van der Waals surface area contributed by atoms with E-state index in [4.69, 9.17) is 0 Å². The van der Waals surface area contributed by atoms with Crippen LogP contribution in [0.5, 0.6) is 0 Å². The SMILES string of the molecule is N#CC(NC(=O)C1CCN(S(=O)(=O)c2ccc(F)c(F)c2)CC1)c1ccccc1F. The van der Waals surface area contributed by atoms with Crippen molar-refractivity contribution >= 4 is 15.9 Å². The second kappa shape index (κ2) is 8.85. The first-order valence-corrected chi connectivity index (χ1v) is 10.6. The van der Waals surface area contributed by atoms with Crippen LogP contribution in [0, 0.1) is 34.7 Å². The Morgan fingerprint density at radius 1 is 1.07 bits per heavy atom. The molecule has 6 nitrogen and oxygen atoms in total. The largest absolute Gasteiger partial charge is 0.336 e. The highest BCUT2D eigenvalue weighted by Gasteiger charge is 2.33. The fraction of sp³-hybridized carbons (Fsp3) is 0.300. The van der Waals surface area contributed by atoms with Crippen LogP contribution in [0.25, 0.3) is 0 Å². The first-order valence-electron chi connectivity index (χ1n) is 9.13. The normalized spacial score (nSPS) is 16.6. The van der Waals surface area contributed by atoms with Gasteiger partial charge in [0.05, 0.1) is 11.0 Å². The zero-order valence-electron chi connectivity index (χ0n) is 15.7. The molecule has 2 aromatic carbocycles. The third kappa shape index (κ3) is 4.47. The molecule has 1 unspecified atom stereocenters. The van der Waals surface area contributed by atoms with Crippen molar-refractivity contribution in [3.63, 3.8) is 0 Å². The van der Waals surface area contributed by atoms with E-state index in [9.17, 15) is 31.6 Å². The second-order valence-corrected chi connectivity index (χ2v) is 8.78. The van der Waals surface area contributed by atoms with Gasteiger partial charge in [-0.3, -0.25) is 4.79 Å². The minimum Gasteiger partial charge on any atom is -0.336 e. The summed E-state index contributed by atoms with van der Waals surface area (Å²) in [6.45, 7) is -0.00727. The van der Waals surface area contributed by atoms with Crippen molar-refractivity contribution in [2.24, 2.45) is 5.92 Å². The van der Waals surface area contributed by atoms with E-state index in [0.29, 0.717) is 6.07 Å². The van der Waals surface area contributed by atoms with Crippen molar-refractivity contribution in [1.29, 1.82) is 5.26 Å². The van der Waals surface area contributed by atoms with Gasteiger partial charge in [-0.15, -0.1) is 0 Å². The number of piperidine rings is 1. The summed E-state index contributed by atoms with van der Waals surface area (Å²) >= 11 is 0. The molecule has 3 rings (SSSR count). The molecule has 1 saturated heterocycles. The van der Waals surface area contributed by atoms with Crippen molar-refractivity contribution in [3.05, 3.63) is 65.5 Å². The summed E-state index contributed by atoms with van der Waals surface area (Å²) in [5.41, 5.74) is 0.0479. The Hall–Kier alpha value is -2.90. The molecule has 0 radical (unpaired) electrons. The van der Waals surface area contributed by atoms with E-state index in [-0.39, 0.29) is 36.4 Å². The van der Waals surface area contributed by atoms with E-state index in [1.165, 1.54) is 18.2 Å². The van der Waals surface area contributed by atoms with Gasteiger partial charge in [0.2, 0.25) is 15.9 Å². The molecule has 0 aliphatic carbocycles. The fourth-order valence-corrected chi connectivity index (χ4v) is 4.78. The van der Waals surface area contributed by atoms with Gasteiger partial charge < -0.3 is 5.32 Å². The number of hydrogen-bond acceptors (Lipinski definition) is 4. The summed E-state index contributed by atoms with van der Waals surface area (Å²) in [6.07, 6.45) is 0.342. The predicted octanol–water partition coefficient (Wildman–Crippen LogP) is 2.89. The van der Waals surface area contributed by atoms with Gasteiger partial charge in [0, 0.05) is 24.6 Å². The third-order valence-corrected chi connectivity index (χ3v) is 6.88. The molecule has 30 heavy (non-hydrogen) atoms. The Balaban J connectivity index is 1.64. The Kier molecular flexibility index (Phi) is 6.43. The highest BCUT2D eigenvalue weighted by atomic mass is 32.2. The number of nitrogens with zero attached hydrogens (tertiary/aromatic N) is 2. The summed E-state index contributed by atoms with van der Waals surface area (Å²) in [5.74, 6) is -4.07. The van der Waals surface area contributed by atoms with Gasteiger partial charge in [0.15, 0.2) is 11.6 Å². The van der Waals surface area contributed by atoms with E-state index >= 15 is 0 Å². The Bertz CT molecular complexity index is 1090. The Labute approximate surface area is 172 Å². The first kappa shape index (κ1) is 21.8. The number of nitrogens with one attached hydrogen (secondary N) is 1. The zero-order chi connectivity index (χ0) is 21.9. The minimum absolute atomic E-state index is 0.00364. The average Bonchev–Trinajstić information content (AvgIpc) is 2.74. The van der Waals surface area contributed by atoms with Crippen LogP contribution in [0.15, 0.2) is 47.4 Å². The lowest BCUT2D eigenvalue weighted by Gasteiger charge is -2.31. The molecule has 1 atom stereocenters. The molecular weight excluding hydrogens is 419 g/mol. The molecule has 1 heterocycles. The molecule has 0 spiro atoms. The van der Waals surface area contributed by atoms with Crippen LogP contribution in [-0.4, -0.2) is 31.7 Å². The quantitative estimate of drug-likeness (QED) is 0.779. The molecule has 1 N–H and O–H groups in total. The molecule has 0 aromatic heterocycles. The highest BCUT2D eigenvalue weighted by Crippen LogP contribution is 2.26. The van der Waals surface area contributed by atoms with Gasteiger partial charge in [0.1, 0.15) is 11.9 Å². The van der Waals surface area contributed by atoms with Crippen LogP contribution in [0.1, 0.15) is 24.4 Å². The van der Waals surface area contributed by atoms with Crippen molar-refractivity contribution in [2.75, 3.05) is 13.1 Å². The summed E-state index contributed by atoms with van der Waals surface area (Å²) in [5, 5.41) is 11.8. The number of halogens is 3. The topological polar surface area (TPSA) is 90.3 Å². The smallest absolute Gasteiger partial charge is 0.243 e. The van der Waals surface area contributed by atoms with Crippen LogP contribution in [-0.2, 0) is 14.8 Å². The van der Waals surface area contributed by atoms with Crippen LogP contribution in [0.2, 0.25) is 0 Å². The van der Waals surface area contributed by atoms with E-state index in [0.717, 1.165) is 16.4 Å². The highest BCUT2D eigenvalue weighted by molar-refractivity contribution is 7.89. The van der Waals surface area contributed by atoms with Gasteiger partial charge in [-0.1, -0.05) is 18.2 Å². The summed E-state index contributed by atoms with van der Waals surface area (Å²) in [7, 11) is -4.03. The zero-order valence-corrected chi connectivity index (χ0v) is 16.5. The van der Waals surface area contributed by atoms with Crippen LogP contribution < -0.4 is 5.32 Å². The molecule has 1 fully saturated rings. The lowest BCUT2D eigenvalue weighted by atomic mass is 9.96. The molecule has 1 aliphatic heterocycles. The van der Waals surface area contributed by atoms with Crippen molar-refractivity contribution in [1.82, 2.24) is 9.62 Å². The molecule has 0 saturated carbocycles. The maximum absolute atomic E-state index is 13.9. The third-order valence-electron chi connectivity index (χ3n) is 4.99. The van der Waals surface area contributed by atoms with Crippen molar-refractivity contribution in [3.8, 4) is 6.07 Å². The number of hydrogen-bond donors (Lipinski definition) is 1. The van der Waals surface area contributed by atoms with E-state index in [1.54, 1.807) is 6.07 Å². The molecule has 1 aliphatic rings. The summed E-state index contributed by atoms with van der Waals surface area (Å²) < 4.78 is 66.7. The van der Waals surface area contributed by atoms with Crippen LogP contribution >= 0.6 is 0 Å². The fourth-order valence-electron chi connectivity index (χ4n) is 3.29. The van der Waals surface area contributed by atoms with Crippen molar-refractivity contribution in [2.45, 2.75) is 23.8 Å². The maximum Gasteiger partial charge on any atom is 0.243 e. The Morgan fingerprint density at radius 2 is 1.73 bits per heavy atom. The van der Waals surface area contributed by atoms with Gasteiger partial charge in [-0.05, 0) is 37.1 Å². The van der Waals surface area contributed by atoms with Crippen molar-refractivity contribution < 1.29 is 26.4 Å². The molecule has 0 bridgehead atoms. The average molecular weight is 437 g/mol. The summed E-state index contributed by atoms with van der Waals surface area (Å²) in [4.78, 5) is 12.1. The molecular formula is C20H18F3N3O3S. The molecule has 1 amide bonds. The second-order valence-electron chi connectivity index (χ2n) is 6.85. The summed E-state index contributed by atoms with van der Waals surface area (Å²) in [6, 6.07) is 8.65. The van der Waals surface area contributed by atoms with Gasteiger partial charge in [0.25, 0.3) is 0 Å². The van der Waals surface area contributed by atoms with Crippen LogP contribution in [0.4, 0.5) is 13.2 Å². The van der Waals surface area contributed by atoms with Gasteiger partial charge in [-0.2, -0.15) is 9.57 Å². The predicted molar refractivity (Wildman–Crippen MR) is 101 cm³/mol. The number of rotatable bonds is 5. The monoisotopic (exact) mass is 437 g/mol. The first-order chi connectivity index (χ1) is 14.2. The standard InChI is InChI=1S/C20H18F3N3O3S/c21-16-4-2-1-3-15(16)19(12-24)25-20(27)13-7-9-26(10-8-13)30(28,29)14-5-6-17(22)18(23)11-14/h1-6,11,13,19H,7-10H2,(H,25,27). The van der Waals surface area contributed by atoms with Gasteiger partial charge in [-0.25, -0.2) is 21.6 Å². The number of carbonyl (C=O) groups is 1. The lowest BCUT2D eigenvalue weighted by Crippen LogP contribution is -2.43. The number of nitriles is 1. The minimum atomic E-state index is -4.03. The van der Waals surface area contributed by atoms with Crippen LogP contribution in [0.3, 0.4) is 0 Å². The maximum atomic E-state index is 13.9. The Morgan fingerprint density at radius 3 is 2.33 bits per heavy atom. The van der Waals surface area contributed by atoms with Gasteiger partial charge >= 0.3 is 0 Å². The number of carbonyl (C=O) groups excluding carboxylic acids is 1. The van der Waals surface area contributed by atoms with E-state index < -0.39 is 45.3 Å².